The van der Waals surface area contributed by atoms with E-state index in [2.05, 4.69) is 74.1 Å². The minimum absolute atomic E-state index is 0.00971. The minimum atomic E-state index is -1.79. The number of carbonyl (C=O) groups is 15. The van der Waals surface area contributed by atoms with E-state index in [1.54, 1.807) is 160 Å². The number of nitrogens with one attached hydrogen (secondary N) is 14. The fourth-order valence-electron chi connectivity index (χ4n) is 13.7. The lowest BCUT2D eigenvalue weighted by molar-refractivity contribution is -0.142. The smallest absolute Gasteiger partial charge is 0.326 e. The number of hydrogen-bond acceptors (Lipinski definition) is 19. The van der Waals surface area contributed by atoms with Crippen molar-refractivity contribution in [2.45, 2.75) is 258 Å². The number of aliphatic hydroxyl groups excluding tert-OH is 1. The van der Waals surface area contributed by atoms with Crippen LogP contribution in [0.2, 0.25) is 0 Å². The first kappa shape index (κ1) is 103. The lowest BCUT2D eigenvalue weighted by Gasteiger charge is -2.30. The van der Waals surface area contributed by atoms with E-state index in [4.69, 9.17) is 11.5 Å². The summed E-state index contributed by atoms with van der Waals surface area (Å²) >= 11 is 0. The van der Waals surface area contributed by atoms with Gasteiger partial charge in [-0.05, 0) is 134 Å². The van der Waals surface area contributed by atoms with E-state index in [0.717, 1.165) is 0 Å². The maximum absolute atomic E-state index is 15.3. The van der Waals surface area contributed by atoms with Crippen molar-refractivity contribution >= 4 is 99.6 Å². The van der Waals surface area contributed by atoms with Crippen molar-refractivity contribution in [3.05, 3.63) is 138 Å². The van der Waals surface area contributed by atoms with Gasteiger partial charge in [0.05, 0.1) is 12.6 Å². The Morgan fingerprint density at radius 1 is 0.379 bits per heavy atom. The number of carbonyl (C=O) groups excluding carboxylic acids is 13. The van der Waals surface area contributed by atoms with Crippen molar-refractivity contribution in [1.82, 2.24) is 74.1 Å². The molecule has 22 N–H and O–H groups in total. The number of phenols is 1. The number of phenolic OH excluding ortho intramolecular Hbond substituents is 1. The summed E-state index contributed by atoms with van der Waals surface area (Å²) in [5.41, 5.74) is 14.6. The van der Waals surface area contributed by atoms with Gasteiger partial charge >= 0.3 is 11.9 Å². The first-order valence-electron chi connectivity index (χ1n) is 42.5. The molecule has 1 aromatic heterocycles. The fourth-order valence-corrected chi connectivity index (χ4v) is 13.7. The number of aromatic hydroxyl groups is 1. The average Bonchev–Trinajstić information content (AvgIpc) is 1.66. The average molecular weight is 1730 g/mol. The number of benzene rings is 4. The summed E-state index contributed by atoms with van der Waals surface area (Å²) < 4.78 is 0. The number of H-pyrrole nitrogens is 1. The molecule has 0 saturated carbocycles. The first-order valence-corrected chi connectivity index (χ1v) is 42.5. The van der Waals surface area contributed by atoms with Gasteiger partial charge in [-0.15, -0.1) is 0 Å². The van der Waals surface area contributed by atoms with E-state index in [1.165, 1.54) is 31.2 Å². The Hall–Kier alpha value is -11.8. The van der Waals surface area contributed by atoms with Gasteiger partial charge in [-0.25, -0.2) is 4.79 Å². The molecule has 35 heteroatoms. The van der Waals surface area contributed by atoms with Crippen molar-refractivity contribution in [3.8, 4) is 5.75 Å². The number of aliphatic hydroxyl groups is 1. The molecule has 0 aliphatic rings. The molecule has 0 radical (unpaired) electrons. The molecule has 1 heterocycles. The molecular formula is C89H130N16O19. The van der Waals surface area contributed by atoms with Crippen LogP contribution in [-0.4, -0.2) is 212 Å². The predicted octanol–water partition coefficient (Wildman–Crippen LogP) is 2.36. The summed E-state index contributed by atoms with van der Waals surface area (Å²) in [4.78, 5) is 216. The molecule has 124 heavy (non-hydrogen) atoms. The van der Waals surface area contributed by atoms with Crippen LogP contribution in [0.5, 0.6) is 5.75 Å². The molecule has 5 rings (SSSR count). The van der Waals surface area contributed by atoms with E-state index in [-0.39, 0.29) is 100 Å². The van der Waals surface area contributed by atoms with Crippen LogP contribution in [0.25, 0.3) is 10.9 Å². The molecule has 0 saturated heterocycles. The zero-order valence-electron chi connectivity index (χ0n) is 73.2. The van der Waals surface area contributed by atoms with Gasteiger partial charge in [0.2, 0.25) is 76.8 Å². The standard InChI is InChI=1S/C89H130N16O19/c1-14-53(12)75(105-76(110)54(13)93-79(113)67(42-55-25-17-15-18-26-55)99-85(119)71(47-106)103-86(120)73(91)51(8)9)88(122)95-62(31-23-24-38-90)77(111)100-69(45-58-46-92-61-30-22-21-29-60(58)61)83(117)94-63(36-37-72(108)109)78(112)98-68(43-57-32-34-59(107)35-33-57)84(118)104-74(52(10)11)87(121)101-66(41-50(6)7)81(115)96-64(39-48(2)3)80(114)97-65(40-49(4)5)82(116)102-70(89(123)124)44-56-27-19-16-20-28-56/h15-22,25-30,32-35,46,48-54,62-71,73-75,92,106-107H,14,23-24,31,36-45,47,90-91H2,1-13H3,(H,93,113)(H,94,117)(H,95,122)(H,96,115)(H,97,114)(H,98,112)(H,99,119)(H,100,111)(H,101,121)(H,102,116)(H,103,120)(H,104,118)(H,105,110)(H,108,109)(H,123,124)/t53-,54-,62-,63-,64-,65-,66-,67-,68-,69-,70-,71-,73-,74-,75-/m0/s1. The van der Waals surface area contributed by atoms with Crippen molar-refractivity contribution in [1.29, 1.82) is 0 Å². The number of aromatic amines is 1. The summed E-state index contributed by atoms with van der Waals surface area (Å²) in [7, 11) is 0. The number of carboxylic acids is 2. The molecule has 0 unspecified atom stereocenters. The van der Waals surface area contributed by atoms with E-state index in [0.29, 0.717) is 39.6 Å². The van der Waals surface area contributed by atoms with Gasteiger partial charge in [0.15, 0.2) is 0 Å². The van der Waals surface area contributed by atoms with Crippen LogP contribution in [0.1, 0.15) is 170 Å². The number of unbranched alkanes of at least 4 members (excludes halogenated alkanes) is 1. The zero-order valence-corrected chi connectivity index (χ0v) is 73.2. The van der Waals surface area contributed by atoms with E-state index in [1.807, 2.05) is 13.8 Å². The molecule has 680 valence electrons. The van der Waals surface area contributed by atoms with Crippen LogP contribution in [-0.2, 0) is 97.6 Å². The van der Waals surface area contributed by atoms with Crippen LogP contribution in [0.15, 0.2) is 115 Å². The second-order valence-corrected chi connectivity index (χ2v) is 33.7. The topological polar surface area (TPSA) is 561 Å². The van der Waals surface area contributed by atoms with Crippen molar-refractivity contribution < 1.29 is 92.3 Å². The fraction of sp³-hybridized carbons (Fsp3) is 0.539. The van der Waals surface area contributed by atoms with E-state index < -0.39 is 205 Å². The Morgan fingerprint density at radius 2 is 0.758 bits per heavy atom. The Kier molecular flexibility index (Phi) is 42.5. The number of amides is 13. The second-order valence-electron chi connectivity index (χ2n) is 33.7. The highest BCUT2D eigenvalue weighted by Crippen LogP contribution is 2.22. The highest BCUT2D eigenvalue weighted by atomic mass is 16.4. The Bertz CT molecular complexity index is 4370. The summed E-state index contributed by atoms with van der Waals surface area (Å²) in [6.45, 7) is 21.4. The number of rotatable bonds is 53. The molecular weight excluding hydrogens is 1600 g/mol. The van der Waals surface area contributed by atoms with Crippen LogP contribution in [0.4, 0.5) is 0 Å². The van der Waals surface area contributed by atoms with Crippen LogP contribution in [0.3, 0.4) is 0 Å². The molecule has 0 spiro atoms. The highest BCUT2D eigenvalue weighted by Gasteiger charge is 2.40. The third-order valence-electron chi connectivity index (χ3n) is 21.1. The van der Waals surface area contributed by atoms with Crippen molar-refractivity contribution in [2.75, 3.05) is 13.2 Å². The molecule has 13 amide bonds. The van der Waals surface area contributed by atoms with Gasteiger partial charge in [-0.3, -0.25) is 67.1 Å². The summed E-state index contributed by atoms with van der Waals surface area (Å²) in [5, 5.41) is 76.0. The zero-order chi connectivity index (χ0) is 92.2. The van der Waals surface area contributed by atoms with Crippen LogP contribution in [0, 0.1) is 35.5 Å². The van der Waals surface area contributed by atoms with Gasteiger partial charge in [-0.1, -0.05) is 181 Å². The van der Waals surface area contributed by atoms with Gasteiger partial charge < -0.3 is 106 Å². The van der Waals surface area contributed by atoms with Crippen LogP contribution < -0.4 is 80.6 Å². The summed E-state index contributed by atoms with van der Waals surface area (Å²) in [5.74, 6) is -16.6. The number of hydrogen-bond donors (Lipinski definition) is 20. The number of aromatic nitrogens is 1. The molecule has 0 bridgehead atoms. The number of nitrogens with two attached hydrogens (primary N) is 2. The summed E-state index contributed by atoms with van der Waals surface area (Å²) in [6, 6.07) is 9.88. The Labute approximate surface area is 724 Å². The monoisotopic (exact) mass is 1730 g/mol. The largest absolute Gasteiger partial charge is 0.508 e. The molecule has 15 atom stereocenters. The molecule has 0 fully saturated rings. The Morgan fingerprint density at radius 3 is 1.23 bits per heavy atom. The number of aliphatic carboxylic acids is 2. The number of carboxylic acid groups (broad SMARTS) is 2. The maximum Gasteiger partial charge on any atom is 0.326 e. The molecule has 5 aromatic rings. The lowest BCUT2D eigenvalue weighted by Crippen LogP contribution is -2.62. The van der Waals surface area contributed by atoms with Crippen molar-refractivity contribution in [2.24, 2.45) is 47.0 Å². The van der Waals surface area contributed by atoms with E-state index >= 15 is 19.2 Å². The third-order valence-corrected chi connectivity index (χ3v) is 21.1. The maximum atomic E-state index is 15.3. The molecule has 0 aliphatic carbocycles. The summed E-state index contributed by atoms with van der Waals surface area (Å²) in [6.07, 6.45) is 0.443. The van der Waals surface area contributed by atoms with Gasteiger partial charge in [-0.2, -0.15) is 0 Å². The van der Waals surface area contributed by atoms with Gasteiger partial charge in [0.25, 0.3) is 0 Å². The molecule has 4 aromatic carbocycles. The highest BCUT2D eigenvalue weighted by molar-refractivity contribution is 6.01. The van der Waals surface area contributed by atoms with Crippen molar-refractivity contribution in [3.63, 3.8) is 0 Å². The van der Waals surface area contributed by atoms with E-state index in [9.17, 15) is 73.2 Å². The predicted molar refractivity (Wildman–Crippen MR) is 465 cm³/mol. The van der Waals surface area contributed by atoms with Crippen LogP contribution >= 0.6 is 0 Å². The van der Waals surface area contributed by atoms with Gasteiger partial charge in [0.1, 0.15) is 84.3 Å². The molecule has 0 aliphatic heterocycles. The Balaban J connectivity index is 1.43. The first-order chi connectivity index (χ1) is 58.6. The number of fused-ring (bicyclic) bond motifs is 1. The minimum Gasteiger partial charge on any atom is -0.508 e. The van der Waals surface area contributed by atoms with Gasteiger partial charge in [0, 0.05) is 49.2 Å². The SMILES string of the molecule is CC[C@H](C)[C@H](NC(=O)[C@H](C)NC(=O)[C@H](Cc1ccccc1)NC(=O)[C@H](CO)NC(=O)[C@@H](N)C(C)C)C(=O)N[C@@H](CCCCN)C(=O)N[C@@H](Cc1c[nH]c2ccccc12)C(=O)N[C@@H](CCC(=O)O)C(=O)N[C@@H](Cc1ccc(O)cc1)C(=O)N[C@H](C(=O)N[C@@H](CC(C)C)C(=O)N[C@@H](CC(C)C)C(=O)N[C@@H](CC(C)C)C(=O)N[C@@H](Cc1ccccc1)C(=O)O)C(C)C. The quantitative estimate of drug-likeness (QED) is 0.0248. The third kappa shape index (κ3) is 34.1. The second kappa shape index (κ2) is 51.3. The number of para-hydroxylation sites is 1. The lowest BCUT2D eigenvalue weighted by atomic mass is 9.96. The normalized spacial score (nSPS) is 15.1. The molecule has 35 nitrogen and oxygen atoms in total.